The summed E-state index contributed by atoms with van der Waals surface area (Å²) in [6.07, 6.45) is -0.807. The summed E-state index contributed by atoms with van der Waals surface area (Å²) in [5.74, 6) is 0.293. The van der Waals surface area contributed by atoms with Crippen LogP contribution in [-0.4, -0.2) is 41.4 Å². The van der Waals surface area contributed by atoms with Gasteiger partial charge in [-0.05, 0) is 58.7 Å². The maximum absolute atomic E-state index is 12.3. The summed E-state index contributed by atoms with van der Waals surface area (Å²) in [5.41, 5.74) is 5.62. The first-order valence-corrected chi connectivity index (χ1v) is 8.36. The van der Waals surface area contributed by atoms with E-state index in [4.69, 9.17) is 19.9 Å². The van der Waals surface area contributed by atoms with E-state index in [-0.39, 0.29) is 12.1 Å². The molecule has 0 radical (unpaired) electrons. The molecular formula is C18H26N2O5. The molecule has 0 fully saturated rings. The number of rotatable bonds is 5. The minimum absolute atomic E-state index is 0.0628. The first-order chi connectivity index (χ1) is 11.6. The number of primary amides is 1. The molecule has 0 saturated carbocycles. The van der Waals surface area contributed by atoms with Crippen LogP contribution in [0.1, 0.15) is 40.2 Å². The minimum Gasteiger partial charge on any atom is -0.444 e. The Kier molecular flexibility index (Phi) is 5.45. The lowest BCUT2D eigenvalue weighted by molar-refractivity contribution is -0.133. The number of amides is 2. The monoisotopic (exact) mass is 350 g/mol. The van der Waals surface area contributed by atoms with Crippen molar-refractivity contribution >= 4 is 12.0 Å². The molecule has 0 saturated heterocycles. The fourth-order valence-corrected chi connectivity index (χ4v) is 2.63. The number of nitrogens with zero attached hydrogens (tertiary/aromatic N) is 1. The van der Waals surface area contributed by atoms with Crippen LogP contribution < -0.4 is 15.2 Å². The lowest BCUT2D eigenvalue weighted by Gasteiger charge is -2.31. The van der Waals surface area contributed by atoms with E-state index in [9.17, 15) is 9.59 Å². The van der Waals surface area contributed by atoms with E-state index in [0.29, 0.717) is 24.5 Å². The van der Waals surface area contributed by atoms with Crippen LogP contribution in [0, 0.1) is 0 Å². The standard InChI is InChI=1S/C18H26N2O5/c1-6-20(17(22)25-18(3,4)5)11(2)9-12-7-8-13-14(10-12)24-16(23-13)15(19)21/h7-8,10-11,16H,6,9H2,1-5H3,(H2,19,21). The molecule has 2 N–H and O–H groups in total. The van der Waals surface area contributed by atoms with Crippen LogP contribution in [0.25, 0.3) is 0 Å². The largest absolute Gasteiger partial charge is 0.444 e. The van der Waals surface area contributed by atoms with Crippen molar-refractivity contribution in [2.45, 2.75) is 59.0 Å². The summed E-state index contributed by atoms with van der Waals surface area (Å²) in [5, 5.41) is 0. The molecule has 2 rings (SSSR count). The van der Waals surface area contributed by atoms with Crippen molar-refractivity contribution in [2.75, 3.05) is 6.54 Å². The zero-order chi connectivity index (χ0) is 18.8. The first kappa shape index (κ1) is 18.9. The number of carbonyl (C=O) groups is 2. The molecule has 138 valence electrons. The van der Waals surface area contributed by atoms with Gasteiger partial charge < -0.3 is 24.8 Å². The molecule has 1 heterocycles. The molecule has 1 aliphatic heterocycles. The van der Waals surface area contributed by atoms with Crippen LogP contribution >= 0.6 is 0 Å². The molecule has 7 nitrogen and oxygen atoms in total. The van der Waals surface area contributed by atoms with Crippen LogP contribution in [0.5, 0.6) is 11.5 Å². The highest BCUT2D eigenvalue weighted by Gasteiger charge is 2.30. The molecule has 0 spiro atoms. The van der Waals surface area contributed by atoms with Crippen LogP contribution in [-0.2, 0) is 16.0 Å². The fourth-order valence-electron chi connectivity index (χ4n) is 2.63. The van der Waals surface area contributed by atoms with Gasteiger partial charge in [0.1, 0.15) is 5.60 Å². The second kappa shape index (κ2) is 7.21. The number of fused-ring (bicyclic) bond motifs is 1. The van der Waals surface area contributed by atoms with E-state index < -0.39 is 17.8 Å². The third-order valence-corrected chi connectivity index (χ3v) is 3.74. The summed E-state index contributed by atoms with van der Waals surface area (Å²) in [6.45, 7) is 9.95. The highest BCUT2D eigenvalue weighted by molar-refractivity contribution is 5.79. The zero-order valence-electron chi connectivity index (χ0n) is 15.4. The number of carbonyl (C=O) groups excluding carboxylic acids is 2. The van der Waals surface area contributed by atoms with Gasteiger partial charge in [0.05, 0.1) is 0 Å². The van der Waals surface area contributed by atoms with E-state index >= 15 is 0 Å². The minimum atomic E-state index is -1.09. The number of nitrogens with two attached hydrogens (primary N) is 1. The Morgan fingerprint density at radius 2 is 1.92 bits per heavy atom. The normalized spacial score (nSPS) is 17.1. The third kappa shape index (κ3) is 4.78. The van der Waals surface area contributed by atoms with E-state index in [0.717, 1.165) is 5.56 Å². The van der Waals surface area contributed by atoms with E-state index in [1.165, 1.54) is 0 Å². The smallest absolute Gasteiger partial charge is 0.410 e. The lowest BCUT2D eigenvalue weighted by atomic mass is 10.1. The molecule has 7 heteroatoms. The van der Waals surface area contributed by atoms with Gasteiger partial charge in [0.25, 0.3) is 5.91 Å². The van der Waals surface area contributed by atoms with Crippen molar-refractivity contribution in [3.8, 4) is 11.5 Å². The second-order valence-electron chi connectivity index (χ2n) is 7.07. The molecule has 0 aliphatic carbocycles. The van der Waals surface area contributed by atoms with Crippen molar-refractivity contribution in [3.05, 3.63) is 23.8 Å². The molecular weight excluding hydrogens is 324 g/mol. The molecule has 1 aromatic rings. The fraction of sp³-hybridized carbons (Fsp3) is 0.556. The number of benzene rings is 1. The van der Waals surface area contributed by atoms with Gasteiger partial charge in [-0.25, -0.2) is 4.79 Å². The summed E-state index contributed by atoms with van der Waals surface area (Å²) >= 11 is 0. The Balaban J connectivity index is 2.05. The summed E-state index contributed by atoms with van der Waals surface area (Å²) in [4.78, 5) is 25.2. The Morgan fingerprint density at radius 1 is 1.28 bits per heavy atom. The Bertz CT molecular complexity index is 653. The predicted octanol–water partition coefficient (Wildman–Crippen LogP) is 2.46. The molecule has 1 aromatic carbocycles. The van der Waals surface area contributed by atoms with Crippen LogP contribution in [0.2, 0.25) is 0 Å². The molecule has 1 aliphatic rings. The Morgan fingerprint density at radius 3 is 2.48 bits per heavy atom. The molecule has 0 aromatic heterocycles. The van der Waals surface area contributed by atoms with E-state index in [1.807, 2.05) is 40.7 Å². The van der Waals surface area contributed by atoms with Crippen molar-refractivity contribution in [1.29, 1.82) is 0 Å². The van der Waals surface area contributed by atoms with Crippen molar-refractivity contribution < 1.29 is 23.8 Å². The average Bonchev–Trinajstić information content (AvgIpc) is 2.89. The Labute approximate surface area is 148 Å². The SMILES string of the molecule is CCN(C(=O)OC(C)(C)C)C(C)Cc1ccc2c(c1)OC(C(N)=O)O2. The maximum Gasteiger partial charge on any atom is 0.410 e. The summed E-state index contributed by atoms with van der Waals surface area (Å²) in [7, 11) is 0. The Hall–Kier alpha value is -2.44. The molecule has 2 atom stereocenters. The van der Waals surface area contributed by atoms with Crippen molar-refractivity contribution in [1.82, 2.24) is 4.90 Å². The molecule has 0 bridgehead atoms. The van der Waals surface area contributed by atoms with Gasteiger partial charge in [0, 0.05) is 12.6 Å². The van der Waals surface area contributed by atoms with Crippen molar-refractivity contribution in [2.24, 2.45) is 5.73 Å². The van der Waals surface area contributed by atoms with E-state index in [1.54, 1.807) is 17.0 Å². The lowest BCUT2D eigenvalue weighted by Crippen LogP contribution is -2.42. The van der Waals surface area contributed by atoms with Crippen molar-refractivity contribution in [3.63, 3.8) is 0 Å². The van der Waals surface area contributed by atoms with Gasteiger partial charge in [0.2, 0.25) is 0 Å². The van der Waals surface area contributed by atoms with Gasteiger partial charge in [0.15, 0.2) is 11.5 Å². The van der Waals surface area contributed by atoms with Crippen LogP contribution in [0.15, 0.2) is 18.2 Å². The van der Waals surface area contributed by atoms with Gasteiger partial charge >= 0.3 is 12.4 Å². The number of likely N-dealkylation sites (N-methyl/N-ethyl adjacent to an activating group) is 1. The molecule has 2 unspecified atom stereocenters. The number of hydrogen-bond acceptors (Lipinski definition) is 5. The summed E-state index contributed by atoms with van der Waals surface area (Å²) in [6, 6.07) is 5.36. The zero-order valence-corrected chi connectivity index (χ0v) is 15.4. The highest BCUT2D eigenvalue weighted by atomic mass is 16.7. The quantitative estimate of drug-likeness (QED) is 0.881. The van der Waals surface area contributed by atoms with Gasteiger partial charge in [-0.1, -0.05) is 6.07 Å². The average molecular weight is 350 g/mol. The predicted molar refractivity (Wildman–Crippen MR) is 92.5 cm³/mol. The van der Waals surface area contributed by atoms with Gasteiger partial charge in [-0.3, -0.25) is 4.79 Å². The number of ether oxygens (including phenoxy) is 3. The summed E-state index contributed by atoms with van der Waals surface area (Å²) < 4.78 is 16.2. The first-order valence-electron chi connectivity index (χ1n) is 8.36. The topological polar surface area (TPSA) is 91.1 Å². The van der Waals surface area contributed by atoms with Crippen LogP contribution in [0.4, 0.5) is 4.79 Å². The molecule has 2 amide bonds. The third-order valence-electron chi connectivity index (χ3n) is 3.74. The van der Waals surface area contributed by atoms with Gasteiger partial charge in [-0.2, -0.15) is 0 Å². The number of hydrogen-bond donors (Lipinski definition) is 1. The van der Waals surface area contributed by atoms with Crippen LogP contribution in [0.3, 0.4) is 0 Å². The van der Waals surface area contributed by atoms with Gasteiger partial charge in [-0.15, -0.1) is 0 Å². The highest BCUT2D eigenvalue weighted by Crippen LogP contribution is 2.35. The second-order valence-corrected chi connectivity index (χ2v) is 7.07. The van der Waals surface area contributed by atoms with E-state index in [2.05, 4.69) is 0 Å². The molecule has 25 heavy (non-hydrogen) atoms. The maximum atomic E-state index is 12.3.